The highest BCUT2D eigenvalue weighted by Crippen LogP contribution is 2.15. The molecule has 25 heavy (non-hydrogen) atoms. The molecule has 0 aliphatic heterocycles. The lowest BCUT2D eigenvalue weighted by Gasteiger charge is -2.21. The summed E-state index contributed by atoms with van der Waals surface area (Å²) in [5.41, 5.74) is 1.05. The van der Waals surface area contributed by atoms with Gasteiger partial charge in [-0.3, -0.25) is 9.59 Å². The quantitative estimate of drug-likeness (QED) is 0.907. The molecule has 2 aromatic carbocycles. The van der Waals surface area contributed by atoms with Crippen LogP contribution < -0.4 is 10.2 Å². The topological polar surface area (TPSA) is 73.2 Å². The third-order valence-corrected chi connectivity index (χ3v) is 3.49. The average molecular weight is 343 g/mol. The number of anilines is 1. The molecule has 0 spiro atoms. The normalized spacial score (nSPS) is 10.0. The van der Waals surface area contributed by atoms with Gasteiger partial charge in [-0.1, -0.05) is 0 Å². The van der Waals surface area contributed by atoms with Gasteiger partial charge in [0.1, 0.15) is 0 Å². The van der Waals surface area contributed by atoms with Gasteiger partial charge in [-0.15, -0.1) is 0 Å². The molecule has 0 aliphatic carbocycles. The molecule has 0 fully saturated rings. The van der Waals surface area contributed by atoms with Gasteiger partial charge >= 0.3 is 0 Å². The molecule has 0 saturated heterocycles. The van der Waals surface area contributed by atoms with Crippen molar-refractivity contribution in [1.82, 2.24) is 5.32 Å². The van der Waals surface area contributed by atoms with Crippen molar-refractivity contribution in [1.29, 1.82) is 5.26 Å². The zero-order valence-electron chi connectivity index (χ0n) is 13.4. The predicted octanol–water partition coefficient (Wildman–Crippen LogP) is 2.62. The van der Waals surface area contributed by atoms with Gasteiger partial charge in [0, 0.05) is 31.3 Å². The number of nitrogens with zero attached hydrogens (tertiary/aromatic N) is 2. The molecule has 0 heterocycles. The fourth-order valence-electron chi connectivity index (χ4n) is 2.20. The molecule has 5 nitrogen and oxygen atoms in total. The van der Waals surface area contributed by atoms with Crippen molar-refractivity contribution in [2.24, 2.45) is 0 Å². The molecular weight excluding hydrogens is 328 g/mol. The van der Waals surface area contributed by atoms with E-state index in [1.54, 1.807) is 24.3 Å². The maximum Gasteiger partial charge on any atom is 0.251 e. The monoisotopic (exact) mass is 343 g/mol. The minimum atomic E-state index is -1.10. The summed E-state index contributed by atoms with van der Waals surface area (Å²) in [5, 5.41) is 11.3. The number of amides is 2. The molecule has 2 amide bonds. The summed E-state index contributed by atoms with van der Waals surface area (Å²) in [5.74, 6) is -2.93. The van der Waals surface area contributed by atoms with E-state index < -0.39 is 17.5 Å². The van der Waals surface area contributed by atoms with Gasteiger partial charge in [0.2, 0.25) is 5.91 Å². The number of halogens is 2. The van der Waals surface area contributed by atoms with E-state index in [1.807, 2.05) is 6.07 Å². The van der Waals surface area contributed by atoms with Crippen LogP contribution in [0.3, 0.4) is 0 Å². The van der Waals surface area contributed by atoms with Crippen LogP contribution in [-0.4, -0.2) is 24.9 Å². The molecule has 2 rings (SSSR count). The van der Waals surface area contributed by atoms with Gasteiger partial charge < -0.3 is 10.2 Å². The average Bonchev–Trinajstić information content (AvgIpc) is 2.60. The Morgan fingerprint density at radius 2 is 1.80 bits per heavy atom. The van der Waals surface area contributed by atoms with Crippen LogP contribution in [0.2, 0.25) is 0 Å². The SMILES string of the molecule is CC(=O)N(CCNC(=O)c1ccc(F)c(F)c1)c1ccc(C#N)cc1. The van der Waals surface area contributed by atoms with Crippen LogP contribution in [-0.2, 0) is 4.79 Å². The van der Waals surface area contributed by atoms with E-state index in [0.29, 0.717) is 11.3 Å². The van der Waals surface area contributed by atoms with Gasteiger partial charge in [0.05, 0.1) is 11.6 Å². The van der Waals surface area contributed by atoms with Crippen LogP contribution in [0.15, 0.2) is 42.5 Å². The van der Waals surface area contributed by atoms with Crippen LogP contribution in [0.25, 0.3) is 0 Å². The van der Waals surface area contributed by atoms with Crippen molar-refractivity contribution in [2.45, 2.75) is 6.92 Å². The van der Waals surface area contributed by atoms with Gasteiger partial charge in [0.15, 0.2) is 11.6 Å². The van der Waals surface area contributed by atoms with E-state index >= 15 is 0 Å². The Bertz CT molecular complexity index is 829. The first-order valence-electron chi connectivity index (χ1n) is 7.44. The van der Waals surface area contributed by atoms with E-state index in [-0.39, 0.29) is 24.6 Å². The lowest BCUT2D eigenvalue weighted by Crippen LogP contribution is -2.37. The summed E-state index contributed by atoms with van der Waals surface area (Å²) < 4.78 is 26.0. The maximum atomic E-state index is 13.1. The van der Waals surface area contributed by atoms with E-state index in [2.05, 4.69) is 5.32 Å². The zero-order valence-corrected chi connectivity index (χ0v) is 13.4. The number of hydrogen-bond donors (Lipinski definition) is 1. The number of benzene rings is 2. The van der Waals surface area contributed by atoms with Crippen molar-refractivity contribution < 1.29 is 18.4 Å². The van der Waals surface area contributed by atoms with Gasteiger partial charge in [0.25, 0.3) is 5.91 Å². The van der Waals surface area contributed by atoms with Gasteiger partial charge in [-0.25, -0.2) is 8.78 Å². The highest BCUT2D eigenvalue weighted by molar-refractivity contribution is 5.94. The Morgan fingerprint density at radius 1 is 1.12 bits per heavy atom. The van der Waals surface area contributed by atoms with Crippen LogP contribution in [0.5, 0.6) is 0 Å². The van der Waals surface area contributed by atoms with Crippen LogP contribution in [0.4, 0.5) is 14.5 Å². The van der Waals surface area contributed by atoms with Crippen LogP contribution in [0.1, 0.15) is 22.8 Å². The Labute approximate surface area is 143 Å². The number of hydrogen-bond acceptors (Lipinski definition) is 3. The number of nitriles is 1. The van der Waals surface area contributed by atoms with E-state index in [9.17, 15) is 18.4 Å². The largest absolute Gasteiger partial charge is 0.350 e. The third-order valence-electron chi connectivity index (χ3n) is 3.49. The van der Waals surface area contributed by atoms with Crippen molar-refractivity contribution in [3.8, 4) is 6.07 Å². The smallest absolute Gasteiger partial charge is 0.251 e. The Kier molecular flexibility index (Phi) is 5.79. The van der Waals surface area contributed by atoms with Crippen molar-refractivity contribution >= 4 is 17.5 Å². The molecule has 128 valence electrons. The van der Waals surface area contributed by atoms with Crippen LogP contribution in [0, 0.1) is 23.0 Å². The number of rotatable bonds is 5. The summed E-state index contributed by atoms with van der Waals surface area (Å²) in [6.07, 6.45) is 0. The van der Waals surface area contributed by atoms with Gasteiger partial charge in [-0.05, 0) is 42.5 Å². The minimum Gasteiger partial charge on any atom is -0.350 e. The van der Waals surface area contributed by atoms with E-state index in [0.717, 1.165) is 12.1 Å². The molecule has 0 unspecified atom stereocenters. The summed E-state index contributed by atoms with van der Waals surface area (Å²) in [6.45, 7) is 1.70. The highest BCUT2D eigenvalue weighted by Gasteiger charge is 2.13. The fourth-order valence-corrected chi connectivity index (χ4v) is 2.20. The molecule has 7 heteroatoms. The first kappa shape index (κ1) is 18.1. The van der Waals surface area contributed by atoms with Crippen LogP contribution >= 0.6 is 0 Å². The second-order valence-corrected chi connectivity index (χ2v) is 5.21. The maximum absolute atomic E-state index is 13.1. The summed E-state index contributed by atoms with van der Waals surface area (Å²) in [7, 11) is 0. The third kappa shape index (κ3) is 4.61. The fraction of sp³-hybridized carbons (Fsp3) is 0.167. The van der Waals surface area contributed by atoms with E-state index in [4.69, 9.17) is 5.26 Å². The number of nitrogens with one attached hydrogen (secondary N) is 1. The second kappa shape index (κ2) is 8.02. The molecule has 2 aromatic rings. The first-order valence-corrected chi connectivity index (χ1v) is 7.44. The zero-order chi connectivity index (χ0) is 18.4. The molecule has 0 saturated carbocycles. The lowest BCUT2D eigenvalue weighted by atomic mass is 10.2. The Balaban J connectivity index is 1.99. The number of carbonyl (C=O) groups excluding carboxylic acids is 2. The van der Waals surface area contributed by atoms with E-state index in [1.165, 1.54) is 17.9 Å². The molecule has 0 aromatic heterocycles. The standard InChI is InChI=1S/C18H15F2N3O2/c1-12(24)23(15-5-2-13(11-21)3-6-15)9-8-22-18(25)14-4-7-16(19)17(20)10-14/h2-7,10H,8-9H2,1H3,(H,22,25). The van der Waals surface area contributed by atoms with Crippen molar-refractivity contribution in [2.75, 3.05) is 18.0 Å². The molecule has 0 radical (unpaired) electrons. The molecular formula is C18H15F2N3O2. The van der Waals surface area contributed by atoms with Crippen molar-refractivity contribution in [3.05, 3.63) is 65.2 Å². The number of carbonyl (C=O) groups is 2. The predicted molar refractivity (Wildman–Crippen MR) is 87.9 cm³/mol. The molecule has 0 aliphatic rings. The molecule has 0 atom stereocenters. The second-order valence-electron chi connectivity index (χ2n) is 5.21. The van der Waals surface area contributed by atoms with Gasteiger partial charge in [-0.2, -0.15) is 5.26 Å². The lowest BCUT2D eigenvalue weighted by molar-refractivity contribution is -0.116. The Morgan fingerprint density at radius 3 is 2.36 bits per heavy atom. The molecule has 1 N–H and O–H groups in total. The summed E-state index contributed by atoms with van der Waals surface area (Å²) >= 11 is 0. The molecule has 0 bridgehead atoms. The summed E-state index contributed by atoms with van der Waals surface area (Å²) in [4.78, 5) is 25.2. The Hall–Kier alpha value is -3.27. The minimum absolute atomic E-state index is 0.00773. The van der Waals surface area contributed by atoms with Crippen molar-refractivity contribution in [3.63, 3.8) is 0 Å². The first-order chi connectivity index (χ1) is 11.9. The summed E-state index contributed by atoms with van der Waals surface area (Å²) in [6, 6.07) is 11.3. The highest BCUT2D eigenvalue weighted by atomic mass is 19.2.